The van der Waals surface area contributed by atoms with Crippen LogP contribution in [-0.4, -0.2) is 53.6 Å². The van der Waals surface area contributed by atoms with Crippen molar-refractivity contribution < 1.29 is 23.5 Å². The van der Waals surface area contributed by atoms with Gasteiger partial charge in [0.05, 0.1) is 11.6 Å². The Balaban J connectivity index is 1.50. The van der Waals surface area contributed by atoms with Gasteiger partial charge in [-0.25, -0.2) is 4.39 Å². The average Bonchev–Trinajstić information content (AvgIpc) is 3.48. The molecular formula is C25H35FN4O4. The highest BCUT2D eigenvalue weighted by Crippen LogP contribution is 2.47. The second-order valence-electron chi connectivity index (χ2n) is 10.9. The van der Waals surface area contributed by atoms with Crippen molar-refractivity contribution in [3.8, 4) is 5.75 Å². The predicted molar refractivity (Wildman–Crippen MR) is 125 cm³/mol. The maximum Gasteiger partial charge on any atom is 0.231 e. The number of halogens is 1. The molecule has 1 aromatic carbocycles. The molecule has 9 heteroatoms. The largest absolute Gasteiger partial charge is 0.487 e. The fourth-order valence-corrected chi connectivity index (χ4v) is 5.36. The molecule has 8 nitrogen and oxygen atoms in total. The Bertz CT molecular complexity index is 975. The van der Waals surface area contributed by atoms with Crippen molar-refractivity contribution in [3.05, 3.63) is 29.6 Å². The van der Waals surface area contributed by atoms with Crippen molar-refractivity contribution in [2.24, 2.45) is 11.8 Å². The van der Waals surface area contributed by atoms with Crippen LogP contribution in [-0.2, 0) is 14.3 Å². The zero-order valence-electron chi connectivity index (χ0n) is 20.5. The molecular weight excluding hydrogens is 439 g/mol. The summed E-state index contributed by atoms with van der Waals surface area (Å²) in [4.78, 5) is 27.7. The third-order valence-electron chi connectivity index (χ3n) is 6.94. The van der Waals surface area contributed by atoms with Crippen LogP contribution in [0, 0.1) is 23.1 Å². The highest BCUT2D eigenvalue weighted by atomic mass is 19.1. The summed E-state index contributed by atoms with van der Waals surface area (Å²) in [6, 6.07) is 3.90. The van der Waals surface area contributed by atoms with Gasteiger partial charge >= 0.3 is 0 Å². The molecule has 3 N–H and O–H groups in total. The van der Waals surface area contributed by atoms with E-state index in [0.29, 0.717) is 37.2 Å². The van der Waals surface area contributed by atoms with E-state index in [1.54, 1.807) is 19.2 Å². The predicted octanol–water partition coefficient (Wildman–Crippen LogP) is 3.12. The minimum atomic E-state index is -0.545. The summed E-state index contributed by atoms with van der Waals surface area (Å²) < 4.78 is 25.8. The summed E-state index contributed by atoms with van der Waals surface area (Å²) in [6.07, 6.45) is 1.86. The molecule has 2 aliphatic heterocycles. The quantitative estimate of drug-likeness (QED) is 0.563. The number of hydrogen-bond donors (Lipinski definition) is 3. The maximum absolute atomic E-state index is 14.7. The topological polar surface area (TPSA) is 104 Å². The maximum atomic E-state index is 14.7. The second kappa shape index (κ2) is 8.83. The number of carbonyl (C=O) groups is 2. The minimum absolute atomic E-state index is 0.0654. The normalized spacial score (nSPS) is 27.8. The number of fused-ring (bicyclic) bond motifs is 1. The van der Waals surface area contributed by atoms with Crippen molar-refractivity contribution in [3.63, 3.8) is 0 Å². The van der Waals surface area contributed by atoms with Crippen LogP contribution in [0.5, 0.6) is 5.75 Å². The van der Waals surface area contributed by atoms with E-state index < -0.39 is 23.0 Å². The van der Waals surface area contributed by atoms with Crippen LogP contribution in [0.3, 0.4) is 0 Å². The molecule has 0 unspecified atom stereocenters. The van der Waals surface area contributed by atoms with Crippen LogP contribution in [0.2, 0.25) is 0 Å². The van der Waals surface area contributed by atoms with Crippen LogP contribution in [0.4, 0.5) is 4.39 Å². The molecule has 3 aliphatic rings. The molecule has 186 valence electrons. The Morgan fingerprint density at radius 1 is 1.38 bits per heavy atom. The van der Waals surface area contributed by atoms with Crippen molar-refractivity contribution in [2.75, 3.05) is 13.7 Å². The fraction of sp³-hybridized carbons (Fsp3) is 0.640. The van der Waals surface area contributed by atoms with Crippen LogP contribution in [0.1, 0.15) is 65.0 Å². The number of rotatable bonds is 7. The van der Waals surface area contributed by atoms with Gasteiger partial charge in [0.2, 0.25) is 11.8 Å². The summed E-state index contributed by atoms with van der Waals surface area (Å²) in [6.45, 7) is 8.04. The Morgan fingerprint density at radius 3 is 2.79 bits per heavy atom. The number of amides is 2. The Morgan fingerprint density at radius 2 is 2.12 bits per heavy atom. The van der Waals surface area contributed by atoms with E-state index in [4.69, 9.17) is 14.9 Å². The lowest BCUT2D eigenvalue weighted by molar-refractivity contribution is -0.133. The van der Waals surface area contributed by atoms with Gasteiger partial charge in [0.1, 0.15) is 17.2 Å². The van der Waals surface area contributed by atoms with Gasteiger partial charge < -0.3 is 20.1 Å². The minimum Gasteiger partial charge on any atom is -0.487 e. The summed E-state index contributed by atoms with van der Waals surface area (Å²) in [7, 11) is 1.59. The third kappa shape index (κ3) is 4.89. The van der Waals surface area contributed by atoms with E-state index in [9.17, 15) is 14.0 Å². The number of ether oxygens (including phenoxy) is 2. The van der Waals surface area contributed by atoms with Gasteiger partial charge in [0.25, 0.3) is 0 Å². The fourth-order valence-electron chi connectivity index (χ4n) is 5.36. The molecule has 2 heterocycles. The third-order valence-corrected chi connectivity index (χ3v) is 6.94. The van der Waals surface area contributed by atoms with E-state index in [2.05, 4.69) is 10.6 Å². The molecule has 1 saturated carbocycles. The first-order chi connectivity index (χ1) is 15.9. The molecule has 0 spiro atoms. The number of hydrogen-bond acceptors (Lipinski definition) is 5. The van der Waals surface area contributed by atoms with Gasteiger partial charge in [-0.1, -0.05) is 6.07 Å². The summed E-state index contributed by atoms with van der Waals surface area (Å²) in [5, 5.41) is 14.6. The van der Waals surface area contributed by atoms with E-state index in [0.717, 1.165) is 0 Å². The van der Waals surface area contributed by atoms with Gasteiger partial charge in [-0.2, -0.15) is 0 Å². The lowest BCUT2D eigenvalue weighted by Crippen LogP contribution is -2.63. The van der Waals surface area contributed by atoms with Crippen molar-refractivity contribution >= 4 is 17.8 Å². The molecule has 0 radical (unpaired) electrons. The molecule has 4 atom stereocenters. The summed E-state index contributed by atoms with van der Waals surface area (Å²) in [5.74, 6) is -0.557. The van der Waals surface area contributed by atoms with Crippen molar-refractivity contribution in [1.82, 2.24) is 15.5 Å². The average molecular weight is 475 g/mol. The summed E-state index contributed by atoms with van der Waals surface area (Å²) >= 11 is 0. The monoisotopic (exact) mass is 474 g/mol. The van der Waals surface area contributed by atoms with Crippen LogP contribution >= 0.6 is 0 Å². The molecule has 1 aromatic rings. The molecule has 2 fully saturated rings. The number of nitrogens with one attached hydrogen (secondary N) is 3. The number of guanidine groups is 1. The number of carbonyl (C=O) groups excluding carboxylic acids is 2. The molecule has 0 bridgehead atoms. The number of methoxy groups -OCH3 is 1. The van der Waals surface area contributed by atoms with Crippen molar-refractivity contribution in [2.45, 2.75) is 76.6 Å². The van der Waals surface area contributed by atoms with E-state index in [1.165, 1.54) is 11.0 Å². The van der Waals surface area contributed by atoms with Gasteiger partial charge in [0.15, 0.2) is 5.96 Å². The van der Waals surface area contributed by atoms with Gasteiger partial charge in [-0.15, -0.1) is 0 Å². The summed E-state index contributed by atoms with van der Waals surface area (Å²) in [5.41, 5.74) is -0.650. The Hall–Kier alpha value is -2.68. The highest BCUT2D eigenvalue weighted by molar-refractivity contribution is 5.99. The molecule has 4 rings (SSSR count). The van der Waals surface area contributed by atoms with Crippen LogP contribution in [0.25, 0.3) is 0 Å². The first-order valence-electron chi connectivity index (χ1n) is 11.9. The molecule has 2 amide bonds. The van der Waals surface area contributed by atoms with E-state index in [1.807, 2.05) is 27.7 Å². The second-order valence-corrected chi connectivity index (χ2v) is 10.9. The molecule has 34 heavy (non-hydrogen) atoms. The standard InChI is InChI=1S/C25H35FN4O4/c1-24(2)13-20(31)30(23(27)29-24)18(9-10-33-5)14-11-15(14)22(32)28-17-12-25(3,4)34-19-8-6-7-16(26)21(17)19/h6-8,14-15,17-18H,9-13H2,1-5H3,(H2,27,29)(H,28,32)/t14-,15-,17+,18-/m1/s1. The highest BCUT2D eigenvalue weighted by Gasteiger charge is 2.53. The molecule has 0 aromatic heterocycles. The van der Waals surface area contributed by atoms with Crippen LogP contribution in [0.15, 0.2) is 18.2 Å². The van der Waals surface area contributed by atoms with E-state index in [-0.39, 0.29) is 42.1 Å². The molecule has 1 aliphatic carbocycles. The van der Waals surface area contributed by atoms with Crippen molar-refractivity contribution in [1.29, 1.82) is 5.41 Å². The Labute approximate surface area is 200 Å². The zero-order chi connectivity index (χ0) is 24.8. The van der Waals surface area contributed by atoms with E-state index >= 15 is 0 Å². The number of benzene rings is 1. The lowest BCUT2D eigenvalue weighted by Gasteiger charge is -2.42. The van der Waals surface area contributed by atoms with Gasteiger partial charge in [-0.05, 0) is 58.6 Å². The van der Waals surface area contributed by atoms with Gasteiger partial charge in [0, 0.05) is 44.1 Å². The van der Waals surface area contributed by atoms with Crippen LogP contribution < -0.4 is 15.4 Å². The first-order valence-corrected chi connectivity index (χ1v) is 11.9. The SMILES string of the molecule is COCC[C@H]([C@@H]1C[C@H]1C(=O)N[C@H]1CC(C)(C)Oc2cccc(F)c21)N1C(=N)NC(C)(C)CC1=O. The smallest absolute Gasteiger partial charge is 0.231 e. The van der Waals surface area contributed by atoms with Gasteiger partial charge in [-0.3, -0.25) is 19.9 Å². The molecule has 1 saturated heterocycles. The first kappa shape index (κ1) is 24.4. The zero-order valence-corrected chi connectivity index (χ0v) is 20.5. The number of nitrogens with zero attached hydrogens (tertiary/aromatic N) is 1. The Kier molecular flexibility index (Phi) is 6.35. The lowest BCUT2D eigenvalue weighted by atomic mass is 9.89.